The minimum atomic E-state index is -0.803. The van der Waals surface area contributed by atoms with Gasteiger partial charge in [0.25, 0.3) is 0 Å². The molecule has 2 aliphatic rings. The second kappa shape index (κ2) is 5.17. The van der Waals surface area contributed by atoms with Gasteiger partial charge in [0.2, 0.25) is 11.8 Å². The summed E-state index contributed by atoms with van der Waals surface area (Å²) in [5.74, 6) is -0.116. The highest BCUT2D eigenvalue weighted by atomic mass is 16.2. The van der Waals surface area contributed by atoms with E-state index in [1.165, 1.54) is 0 Å². The first kappa shape index (κ1) is 14.1. The van der Waals surface area contributed by atoms with Crippen molar-refractivity contribution < 1.29 is 9.59 Å². The molecule has 4 nitrogen and oxygen atoms in total. The Kier molecular flexibility index (Phi) is 3.47. The number of nitrogens with zero attached hydrogens (tertiary/aromatic N) is 1. The molecule has 0 unspecified atom stereocenters. The van der Waals surface area contributed by atoms with Crippen molar-refractivity contribution in [1.82, 2.24) is 5.32 Å². The normalized spacial score (nSPS) is 19.0. The lowest BCUT2D eigenvalue weighted by Gasteiger charge is -2.26. The SMILES string of the molecule is CCN(C(=O)C1(C(=O)NC2CC2)CC1)c1cccc(C)c1. The molecule has 0 heterocycles. The van der Waals surface area contributed by atoms with Crippen LogP contribution in [0.1, 0.15) is 38.2 Å². The largest absolute Gasteiger partial charge is 0.352 e. The highest BCUT2D eigenvalue weighted by Crippen LogP contribution is 2.48. The molecule has 1 N–H and O–H groups in total. The van der Waals surface area contributed by atoms with Gasteiger partial charge in [0.1, 0.15) is 5.41 Å². The quantitative estimate of drug-likeness (QED) is 0.845. The van der Waals surface area contributed by atoms with Crippen molar-refractivity contribution in [1.29, 1.82) is 0 Å². The van der Waals surface area contributed by atoms with Gasteiger partial charge in [-0.1, -0.05) is 12.1 Å². The molecule has 0 aliphatic heterocycles. The number of carbonyl (C=O) groups excluding carboxylic acids is 2. The van der Waals surface area contributed by atoms with Crippen molar-refractivity contribution in [2.75, 3.05) is 11.4 Å². The minimum Gasteiger partial charge on any atom is -0.352 e. The molecule has 0 aromatic heterocycles. The van der Waals surface area contributed by atoms with Crippen LogP contribution in [0, 0.1) is 12.3 Å². The Bertz CT molecular complexity index is 574. The number of benzene rings is 1. The van der Waals surface area contributed by atoms with Crippen molar-refractivity contribution >= 4 is 17.5 Å². The molecule has 1 aromatic carbocycles. The number of hydrogen-bond donors (Lipinski definition) is 1. The van der Waals surface area contributed by atoms with Gasteiger partial charge < -0.3 is 10.2 Å². The lowest BCUT2D eigenvalue weighted by atomic mass is 10.0. The van der Waals surface area contributed by atoms with Gasteiger partial charge in [-0.2, -0.15) is 0 Å². The first-order valence-electron chi connectivity index (χ1n) is 7.76. The molecule has 0 saturated heterocycles. The molecule has 2 fully saturated rings. The van der Waals surface area contributed by atoms with E-state index in [9.17, 15) is 9.59 Å². The van der Waals surface area contributed by atoms with Crippen LogP contribution in [0.25, 0.3) is 0 Å². The Balaban J connectivity index is 1.80. The van der Waals surface area contributed by atoms with Crippen LogP contribution in [0.15, 0.2) is 24.3 Å². The Morgan fingerprint density at radius 1 is 1.33 bits per heavy atom. The lowest BCUT2D eigenvalue weighted by molar-refractivity contribution is -0.135. The maximum absolute atomic E-state index is 12.9. The van der Waals surface area contributed by atoms with E-state index in [0.29, 0.717) is 25.4 Å². The monoisotopic (exact) mass is 286 g/mol. The van der Waals surface area contributed by atoms with E-state index in [4.69, 9.17) is 0 Å². The molecule has 1 aromatic rings. The minimum absolute atomic E-state index is 0.0475. The molecular weight excluding hydrogens is 264 g/mol. The highest BCUT2D eigenvalue weighted by Gasteiger charge is 2.58. The molecule has 0 radical (unpaired) electrons. The van der Waals surface area contributed by atoms with Crippen LogP contribution in [0.2, 0.25) is 0 Å². The zero-order chi connectivity index (χ0) is 15.0. The van der Waals surface area contributed by atoms with Gasteiger partial charge >= 0.3 is 0 Å². The molecule has 21 heavy (non-hydrogen) atoms. The topological polar surface area (TPSA) is 49.4 Å². The summed E-state index contributed by atoms with van der Waals surface area (Å²) in [4.78, 5) is 27.0. The third kappa shape index (κ3) is 2.67. The molecule has 0 atom stereocenters. The fourth-order valence-electron chi connectivity index (χ4n) is 2.71. The summed E-state index contributed by atoms with van der Waals surface area (Å²) < 4.78 is 0. The van der Waals surface area contributed by atoms with Crippen LogP contribution in [0.5, 0.6) is 0 Å². The van der Waals surface area contributed by atoms with Gasteiger partial charge in [0.15, 0.2) is 0 Å². The summed E-state index contributed by atoms with van der Waals surface area (Å²) in [6.07, 6.45) is 3.44. The fraction of sp³-hybridized carbons (Fsp3) is 0.529. The van der Waals surface area contributed by atoms with Crippen molar-refractivity contribution in [3.63, 3.8) is 0 Å². The standard InChI is InChI=1S/C17H22N2O2/c1-3-19(14-6-4-5-12(2)11-14)16(21)17(9-10-17)15(20)18-13-7-8-13/h4-6,11,13H,3,7-10H2,1-2H3,(H,18,20). The van der Waals surface area contributed by atoms with E-state index >= 15 is 0 Å². The predicted molar refractivity (Wildman–Crippen MR) is 82.0 cm³/mol. The summed E-state index contributed by atoms with van der Waals surface area (Å²) in [5.41, 5.74) is 1.20. The molecule has 4 heteroatoms. The molecule has 0 bridgehead atoms. The van der Waals surface area contributed by atoms with E-state index in [0.717, 1.165) is 24.1 Å². The van der Waals surface area contributed by atoms with E-state index in [1.807, 2.05) is 38.1 Å². The number of nitrogens with one attached hydrogen (secondary N) is 1. The molecule has 2 saturated carbocycles. The zero-order valence-corrected chi connectivity index (χ0v) is 12.7. The van der Waals surface area contributed by atoms with E-state index in [2.05, 4.69) is 5.32 Å². The van der Waals surface area contributed by atoms with Crippen LogP contribution in [0.3, 0.4) is 0 Å². The number of rotatable bonds is 5. The van der Waals surface area contributed by atoms with Gasteiger partial charge in [-0.3, -0.25) is 9.59 Å². The Hall–Kier alpha value is -1.84. The van der Waals surface area contributed by atoms with Gasteiger partial charge in [0, 0.05) is 18.3 Å². The first-order chi connectivity index (χ1) is 10.1. The van der Waals surface area contributed by atoms with Crippen molar-refractivity contribution in [2.24, 2.45) is 5.41 Å². The van der Waals surface area contributed by atoms with Crippen molar-refractivity contribution in [3.8, 4) is 0 Å². The third-order valence-corrected chi connectivity index (χ3v) is 4.38. The average molecular weight is 286 g/mol. The van der Waals surface area contributed by atoms with Crippen LogP contribution >= 0.6 is 0 Å². The summed E-state index contributed by atoms with van der Waals surface area (Å²) in [6, 6.07) is 8.19. The fourth-order valence-corrected chi connectivity index (χ4v) is 2.71. The second-order valence-corrected chi connectivity index (χ2v) is 6.22. The Morgan fingerprint density at radius 2 is 2.05 bits per heavy atom. The van der Waals surface area contributed by atoms with Crippen LogP contribution in [-0.4, -0.2) is 24.4 Å². The van der Waals surface area contributed by atoms with Crippen LogP contribution < -0.4 is 10.2 Å². The van der Waals surface area contributed by atoms with Crippen molar-refractivity contribution in [2.45, 2.75) is 45.6 Å². The number of hydrogen-bond acceptors (Lipinski definition) is 2. The van der Waals surface area contributed by atoms with Gasteiger partial charge in [-0.05, 0) is 57.2 Å². The summed E-state index contributed by atoms with van der Waals surface area (Å²) in [7, 11) is 0. The summed E-state index contributed by atoms with van der Waals surface area (Å²) in [5, 5.41) is 2.99. The average Bonchev–Trinajstić information content (AvgIpc) is 3.34. The Morgan fingerprint density at radius 3 is 2.57 bits per heavy atom. The van der Waals surface area contributed by atoms with E-state index in [-0.39, 0.29) is 11.8 Å². The maximum atomic E-state index is 12.9. The first-order valence-corrected chi connectivity index (χ1v) is 7.76. The third-order valence-electron chi connectivity index (χ3n) is 4.38. The lowest BCUT2D eigenvalue weighted by Crippen LogP contribution is -2.46. The number of carbonyl (C=O) groups is 2. The smallest absolute Gasteiger partial charge is 0.242 e. The van der Waals surface area contributed by atoms with Gasteiger partial charge in [-0.15, -0.1) is 0 Å². The van der Waals surface area contributed by atoms with E-state index in [1.54, 1.807) is 4.90 Å². The Labute approximate surface area is 125 Å². The summed E-state index contributed by atoms with van der Waals surface area (Å²) >= 11 is 0. The molecule has 112 valence electrons. The van der Waals surface area contributed by atoms with Gasteiger partial charge in [0.05, 0.1) is 0 Å². The number of aryl methyl sites for hydroxylation is 1. The zero-order valence-electron chi connectivity index (χ0n) is 12.7. The maximum Gasteiger partial charge on any atom is 0.242 e. The molecule has 2 amide bonds. The molecule has 3 rings (SSSR count). The van der Waals surface area contributed by atoms with Crippen molar-refractivity contribution in [3.05, 3.63) is 29.8 Å². The van der Waals surface area contributed by atoms with Crippen LogP contribution in [0.4, 0.5) is 5.69 Å². The number of anilines is 1. The second-order valence-electron chi connectivity index (χ2n) is 6.22. The van der Waals surface area contributed by atoms with E-state index < -0.39 is 5.41 Å². The molecule has 0 spiro atoms. The predicted octanol–water partition coefficient (Wildman–Crippen LogP) is 2.41. The molecule has 2 aliphatic carbocycles. The number of amides is 2. The highest BCUT2D eigenvalue weighted by molar-refractivity contribution is 6.14. The van der Waals surface area contributed by atoms with Gasteiger partial charge in [-0.25, -0.2) is 0 Å². The summed E-state index contributed by atoms with van der Waals surface area (Å²) in [6.45, 7) is 4.55. The molecular formula is C17H22N2O2. The van der Waals surface area contributed by atoms with Crippen LogP contribution in [-0.2, 0) is 9.59 Å².